The predicted octanol–water partition coefficient (Wildman–Crippen LogP) is 4.53. The monoisotopic (exact) mass is 351 g/mol. The van der Waals surface area contributed by atoms with E-state index >= 15 is 0 Å². The van der Waals surface area contributed by atoms with Crippen LogP contribution in [0.4, 0.5) is 10.6 Å². The fourth-order valence-corrected chi connectivity index (χ4v) is 2.85. The van der Waals surface area contributed by atoms with Crippen molar-refractivity contribution in [2.45, 2.75) is 6.42 Å². The molecule has 126 valence electrons. The second-order valence-corrected chi connectivity index (χ2v) is 5.99. The van der Waals surface area contributed by atoms with Crippen LogP contribution in [0.3, 0.4) is 0 Å². The van der Waals surface area contributed by atoms with Gasteiger partial charge >= 0.3 is 6.03 Å². The van der Waals surface area contributed by atoms with Crippen molar-refractivity contribution in [3.63, 3.8) is 0 Å². The van der Waals surface area contributed by atoms with E-state index in [1.807, 2.05) is 66.7 Å². The summed E-state index contributed by atoms with van der Waals surface area (Å²) in [7, 11) is 0. The molecule has 2 amide bonds. The summed E-state index contributed by atoms with van der Waals surface area (Å²) < 4.78 is 0. The van der Waals surface area contributed by atoms with Crippen molar-refractivity contribution in [2.24, 2.45) is 5.73 Å². The van der Waals surface area contributed by atoms with Crippen LogP contribution < -0.4 is 10.6 Å². The van der Waals surface area contributed by atoms with Crippen LogP contribution in [0.25, 0.3) is 11.3 Å². The quantitative estimate of drug-likeness (QED) is 0.734. The Balaban J connectivity index is 1.86. The van der Waals surface area contributed by atoms with E-state index in [9.17, 15) is 4.79 Å². The maximum Gasteiger partial charge on any atom is 0.320 e. The van der Waals surface area contributed by atoms with Gasteiger partial charge in [-0.25, -0.2) is 9.78 Å². The molecular formula is C20H18ClN3O. The molecule has 0 bridgehead atoms. The van der Waals surface area contributed by atoms with Gasteiger partial charge in [0.2, 0.25) is 0 Å². The number of halogens is 1. The molecule has 0 spiro atoms. The molecule has 1 aromatic heterocycles. The molecule has 25 heavy (non-hydrogen) atoms. The van der Waals surface area contributed by atoms with Crippen molar-refractivity contribution in [1.82, 2.24) is 4.98 Å². The molecule has 0 aliphatic heterocycles. The maximum absolute atomic E-state index is 11.9. The van der Waals surface area contributed by atoms with Gasteiger partial charge in [-0.2, -0.15) is 0 Å². The van der Waals surface area contributed by atoms with Gasteiger partial charge in [0.1, 0.15) is 5.82 Å². The highest BCUT2D eigenvalue weighted by Crippen LogP contribution is 2.27. The Morgan fingerprint density at radius 2 is 1.68 bits per heavy atom. The molecule has 0 saturated carbocycles. The number of hydrogen-bond acceptors (Lipinski definition) is 2. The normalized spacial score (nSPS) is 10.4. The van der Waals surface area contributed by atoms with Gasteiger partial charge in [0.25, 0.3) is 0 Å². The first-order valence-electron chi connectivity index (χ1n) is 7.98. The van der Waals surface area contributed by atoms with Gasteiger partial charge in [-0.15, -0.1) is 0 Å². The minimum Gasteiger partial charge on any atom is -0.351 e. The minimum absolute atomic E-state index is 0.457. The molecule has 0 saturated heterocycles. The molecule has 3 aromatic rings. The third kappa shape index (κ3) is 4.17. The standard InChI is InChI=1S/C20H18ClN3O/c21-17-10-5-4-9-16(17)18-11-6-12-19(23-18)24(20(22)25)14-13-15-7-2-1-3-8-15/h1-12H,13-14H2,(H2,22,25). The van der Waals surface area contributed by atoms with Crippen LogP contribution in [-0.2, 0) is 6.42 Å². The number of benzene rings is 2. The Labute approximate surface area is 151 Å². The van der Waals surface area contributed by atoms with E-state index in [1.165, 1.54) is 4.90 Å². The molecule has 4 nitrogen and oxygen atoms in total. The van der Waals surface area contributed by atoms with Gasteiger partial charge in [-0.1, -0.05) is 66.2 Å². The van der Waals surface area contributed by atoms with E-state index in [4.69, 9.17) is 17.3 Å². The number of primary amides is 1. The van der Waals surface area contributed by atoms with Gasteiger partial charge in [0, 0.05) is 17.1 Å². The van der Waals surface area contributed by atoms with Crippen molar-refractivity contribution in [2.75, 3.05) is 11.4 Å². The molecular weight excluding hydrogens is 334 g/mol. The number of hydrogen-bond donors (Lipinski definition) is 1. The van der Waals surface area contributed by atoms with Gasteiger partial charge in [0.05, 0.1) is 5.69 Å². The summed E-state index contributed by atoms with van der Waals surface area (Å²) in [6, 6.07) is 22.4. The van der Waals surface area contributed by atoms with Crippen LogP contribution in [0.15, 0.2) is 72.8 Å². The number of carbonyl (C=O) groups excluding carboxylic acids is 1. The van der Waals surface area contributed by atoms with Crippen molar-refractivity contribution in [3.05, 3.63) is 83.4 Å². The van der Waals surface area contributed by atoms with E-state index in [2.05, 4.69) is 4.98 Å². The van der Waals surface area contributed by atoms with Gasteiger partial charge in [0.15, 0.2) is 0 Å². The third-order valence-electron chi connectivity index (χ3n) is 3.89. The summed E-state index contributed by atoms with van der Waals surface area (Å²) in [6.45, 7) is 0.457. The third-order valence-corrected chi connectivity index (χ3v) is 4.22. The lowest BCUT2D eigenvalue weighted by Gasteiger charge is -2.20. The van der Waals surface area contributed by atoms with Crippen molar-refractivity contribution in [3.8, 4) is 11.3 Å². The smallest absolute Gasteiger partial charge is 0.320 e. The largest absolute Gasteiger partial charge is 0.351 e. The lowest BCUT2D eigenvalue weighted by molar-refractivity contribution is 0.254. The van der Waals surface area contributed by atoms with Crippen LogP contribution in [0.2, 0.25) is 5.02 Å². The van der Waals surface area contributed by atoms with Crippen molar-refractivity contribution < 1.29 is 4.79 Å². The Morgan fingerprint density at radius 1 is 0.960 bits per heavy atom. The Kier molecular flexibility index (Phi) is 5.31. The lowest BCUT2D eigenvalue weighted by Crippen LogP contribution is -2.38. The number of rotatable bonds is 5. The summed E-state index contributed by atoms with van der Waals surface area (Å²) >= 11 is 6.25. The highest BCUT2D eigenvalue weighted by molar-refractivity contribution is 6.33. The molecule has 1 heterocycles. The summed E-state index contributed by atoms with van der Waals surface area (Å²) in [5, 5.41) is 0.613. The number of pyridine rings is 1. The number of amides is 2. The number of anilines is 1. The van der Waals surface area contributed by atoms with E-state index in [0.717, 1.165) is 11.1 Å². The summed E-state index contributed by atoms with van der Waals surface area (Å²) in [5.74, 6) is 0.515. The van der Waals surface area contributed by atoms with Crippen LogP contribution in [0, 0.1) is 0 Å². The van der Waals surface area contributed by atoms with Crippen LogP contribution in [0.1, 0.15) is 5.56 Å². The Bertz CT molecular complexity index is 868. The molecule has 0 radical (unpaired) electrons. The minimum atomic E-state index is -0.528. The summed E-state index contributed by atoms with van der Waals surface area (Å²) in [5.41, 5.74) is 8.23. The van der Waals surface area contributed by atoms with Crippen molar-refractivity contribution in [1.29, 1.82) is 0 Å². The number of urea groups is 1. The summed E-state index contributed by atoms with van der Waals surface area (Å²) in [6.07, 6.45) is 0.696. The molecule has 0 unspecified atom stereocenters. The molecule has 3 rings (SSSR count). The van der Waals surface area contributed by atoms with E-state index in [-0.39, 0.29) is 0 Å². The molecule has 0 fully saturated rings. The lowest BCUT2D eigenvalue weighted by atomic mass is 10.1. The molecule has 2 N–H and O–H groups in total. The van der Waals surface area contributed by atoms with E-state index < -0.39 is 6.03 Å². The fourth-order valence-electron chi connectivity index (χ4n) is 2.62. The van der Waals surface area contributed by atoms with Gasteiger partial charge in [-0.05, 0) is 30.2 Å². The zero-order valence-corrected chi connectivity index (χ0v) is 14.4. The van der Waals surface area contributed by atoms with E-state index in [1.54, 1.807) is 6.07 Å². The van der Waals surface area contributed by atoms with E-state index in [0.29, 0.717) is 29.5 Å². The molecule has 0 atom stereocenters. The zero-order valence-electron chi connectivity index (χ0n) is 13.6. The SMILES string of the molecule is NC(=O)N(CCc1ccccc1)c1cccc(-c2ccccc2Cl)n1. The Hall–Kier alpha value is -2.85. The number of carbonyl (C=O) groups is 1. The molecule has 5 heteroatoms. The fraction of sp³-hybridized carbons (Fsp3) is 0.100. The van der Waals surface area contributed by atoms with Gasteiger partial charge < -0.3 is 5.73 Å². The predicted molar refractivity (Wildman–Crippen MR) is 102 cm³/mol. The first kappa shape index (κ1) is 17.0. The average Bonchev–Trinajstić information content (AvgIpc) is 2.63. The zero-order chi connectivity index (χ0) is 17.6. The number of nitrogens with zero attached hydrogens (tertiary/aromatic N) is 2. The van der Waals surface area contributed by atoms with Crippen molar-refractivity contribution >= 4 is 23.4 Å². The van der Waals surface area contributed by atoms with Crippen LogP contribution >= 0.6 is 11.6 Å². The highest BCUT2D eigenvalue weighted by Gasteiger charge is 2.15. The molecule has 0 aliphatic rings. The number of aromatic nitrogens is 1. The highest BCUT2D eigenvalue weighted by atomic mass is 35.5. The first-order valence-corrected chi connectivity index (χ1v) is 8.36. The van der Waals surface area contributed by atoms with Crippen LogP contribution in [-0.4, -0.2) is 17.6 Å². The average molecular weight is 352 g/mol. The topological polar surface area (TPSA) is 59.2 Å². The molecule has 0 aliphatic carbocycles. The second kappa shape index (κ2) is 7.81. The maximum atomic E-state index is 11.9. The van der Waals surface area contributed by atoms with Crippen LogP contribution in [0.5, 0.6) is 0 Å². The first-order chi connectivity index (χ1) is 12.1. The summed E-state index contributed by atoms with van der Waals surface area (Å²) in [4.78, 5) is 18.0. The Morgan fingerprint density at radius 3 is 2.40 bits per heavy atom. The van der Waals surface area contributed by atoms with Gasteiger partial charge in [-0.3, -0.25) is 4.90 Å². The molecule has 2 aromatic carbocycles. The second-order valence-electron chi connectivity index (χ2n) is 5.59. The number of nitrogens with two attached hydrogens (primary N) is 1.